The second-order valence-corrected chi connectivity index (χ2v) is 3.65. The van der Waals surface area contributed by atoms with Crippen LogP contribution in [0.15, 0.2) is 12.1 Å². The molecular weight excluding hydrogens is 172 g/mol. The lowest BCUT2D eigenvalue weighted by atomic mass is 10.1. The Morgan fingerprint density at radius 3 is 2.15 bits per heavy atom. The average molecular weight is 183 g/mol. The predicted molar refractivity (Wildman–Crippen MR) is 46.4 cm³/mol. The summed E-state index contributed by atoms with van der Waals surface area (Å²) in [5, 5.41) is 0. The van der Waals surface area contributed by atoms with Crippen molar-refractivity contribution in [3.63, 3.8) is 0 Å². The van der Waals surface area contributed by atoms with Crippen molar-refractivity contribution in [2.24, 2.45) is 5.73 Å². The molecule has 1 saturated carbocycles. The van der Waals surface area contributed by atoms with E-state index < -0.39 is 11.6 Å². The van der Waals surface area contributed by atoms with Crippen LogP contribution in [0.2, 0.25) is 0 Å². The SMILES string of the molecule is Cc1cc(F)c(C2CC2N)c(F)c1. The fourth-order valence-corrected chi connectivity index (χ4v) is 1.61. The number of aryl methyl sites for hydroxylation is 1. The van der Waals surface area contributed by atoms with Gasteiger partial charge in [-0.05, 0) is 31.0 Å². The molecular formula is C10H11F2N. The maximum atomic E-state index is 13.3. The van der Waals surface area contributed by atoms with Gasteiger partial charge in [0, 0.05) is 17.5 Å². The first-order chi connectivity index (χ1) is 6.09. The highest BCUT2D eigenvalue weighted by atomic mass is 19.1. The number of halogens is 2. The zero-order valence-electron chi connectivity index (χ0n) is 7.35. The molecule has 1 aliphatic rings. The lowest BCUT2D eigenvalue weighted by Gasteiger charge is -2.04. The Morgan fingerprint density at radius 2 is 1.77 bits per heavy atom. The molecule has 0 aromatic heterocycles. The first kappa shape index (κ1) is 8.63. The Hall–Kier alpha value is -0.960. The van der Waals surface area contributed by atoms with Crippen LogP contribution >= 0.6 is 0 Å². The minimum absolute atomic E-state index is 0.0632. The first-order valence-electron chi connectivity index (χ1n) is 4.30. The van der Waals surface area contributed by atoms with E-state index in [9.17, 15) is 8.78 Å². The van der Waals surface area contributed by atoms with Gasteiger partial charge in [0.2, 0.25) is 0 Å². The maximum absolute atomic E-state index is 13.3. The number of hydrogen-bond donors (Lipinski definition) is 1. The second kappa shape index (κ2) is 2.77. The molecule has 1 aromatic carbocycles. The fraction of sp³-hybridized carbons (Fsp3) is 0.400. The molecule has 1 nitrogen and oxygen atoms in total. The molecule has 0 spiro atoms. The number of hydrogen-bond acceptors (Lipinski definition) is 1. The highest BCUT2D eigenvalue weighted by Gasteiger charge is 2.38. The van der Waals surface area contributed by atoms with Crippen molar-refractivity contribution >= 4 is 0 Å². The van der Waals surface area contributed by atoms with Crippen molar-refractivity contribution in [3.05, 3.63) is 34.9 Å². The quantitative estimate of drug-likeness (QED) is 0.708. The van der Waals surface area contributed by atoms with Crippen LogP contribution in [-0.4, -0.2) is 6.04 Å². The molecule has 1 aliphatic carbocycles. The molecule has 0 heterocycles. The van der Waals surface area contributed by atoms with Gasteiger partial charge < -0.3 is 5.73 Å². The molecule has 2 atom stereocenters. The van der Waals surface area contributed by atoms with Gasteiger partial charge in [-0.2, -0.15) is 0 Å². The van der Waals surface area contributed by atoms with Crippen molar-refractivity contribution in [3.8, 4) is 0 Å². The molecule has 0 bridgehead atoms. The molecule has 1 aromatic rings. The van der Waals surface area contributed by atoms with E-state index in [-0.39, 0.29) is 17.5 Å². The largest absolute Gasteiger partial charge is 0.327 e. The average Bonchev–Trinajstić information content (AvgIpc) is 2.64. The van der Waals surface area contributed by atoms with Crippen molar-refractivity contribution in [2.45, 2.75) is 25.3 Å². The summed E-state index contributed by atoms with van der Waals surface area (Å²) in [5.41, 5.74) is 6.31. The molecule has 1 fully saturated rings. The van der Waals surface area contributed by atoms with Crippen molar-refractivity contribution in [1.82, 2.24) is 0 Å². The van der Waals surface area contributed by atoms with E-state index >= 15 is 0 Å². The molecule has 2 unspecified atom stereocenters. The van der Waals surface area contributed by atoms with E-state index in [1.54, 1.807) is 6.92 Å². The number of benzene rings is 1. The van der Waals surface area contributed by atoms with Crippen LogP contribution in [0.1, 0.15) is 23.5 Å². The zero-order valence-corrected chi connectivity index (χ0v) is 7.35. The summed E-state index contributed by atoms with van der Waals surface area (Å²) in [5.74, 6) is -1.04. The highest BCUT2D eigenvalue weighted by Crippen LogP contribution is 2.41. The lowest BCUT2D eigenvalue weighted by Crippen LogP contribution is -2.04. The fourth-order valence-electron chi connectivity index (χ4n) is 1.61. The Bertz CT molecular complexity index is 326. The van der Waals surface area contributed by atoms with Gasteiger partial charge in [0.1, 0.15) is 11.6 Å². The molecule has 3 heteroatoms. The van der Waals surface area contributed by atoms with Crippen molar-refractivity contribution in [1.29, 1.82) is 0 Å². The van der Waals surface area contributed by atoms with Crippen LogP contribution in [0.5, 0.6) is 0 Å². The van der Waals surface area contributed by atoms with E-state index in [1.807, 2.05) is 0 Å². The van der Waals surface area contributed by atoms with E-state index in [0.29, 0.717) is 12.0 Å². The van der Waals surface area contributed by atoms with Gasteiger partial charge in [0.25, 0.3) is 0 Å². The number of nitrogens with two attached hydrogens (primary N) is 1. The molecule has 2 N–H and O–H groups in total. The van der Waals surface area contributed by atoms with Gasteiger partial charge in [-0.3, -0.25) is 0 Å². The summed E-state index contributed by atoms with van der Waals surface area (Å²) < 4.78 is 26.6. The van der Waals surface area contributed by atoms with Crippen LogP contribution in [0.25, 0.3) is 0 Å². The topological polar surface area (TPSA) is 26.0 Å². The van der Waals surface area contributed by atoms with Crippen LogP contribution in [-0.2, 0) is 0 Å². The van der Waals surface area contributed by atoms with Gasteiger partial charge >= 0.3 is 0 Å². The van der Waals surface area contributed by atoms with E-state index in [1.165, 1.54) is 12.1 Å². The van der Waals surface area contributed by atoms with Crippen molar-refractivity contribution in [2.75, 3.05) is 0 Å². The third kappa shape index (κ3) is 1.44. The lowest BCUT2D eigenvalue weighted by molar-refractivity contribution is 0.553. The Labute approximate surface area is 75.6 Å². The molecule has 0 amide bonds. The predicted octanol–water partition coefficient (Wildman–Crippen LogP) is 2.09. The van der Waals surface area contributed by atoms with Gasteiger partial charge in [0.05, 0.1) is 0 Å². The normalized spacial score (nSPS) is 26.2. The highest BCUT2D eigenvalue weighted by molar-refractivity contribution is 5.33. The van der Waals surface area contributed by atoms with Crippen LogP contribution in [0.4, 0.5) is 8.78 Å². The second-order valence-electron chi connectivity index (χ2n) is 3.65. The standard InChI is InChI=1S/C10H11F2N/c1-5-2-7(11)10(8(12)3-5)6-4-9(6)13/h2-3,6,9H,4,13H2,1H3. The van der Waals surface area contributed by atoms with Gasteiger partial charge in [-0.15, -0.1) is 0 Å². The Morgan fingerprint density at radius 1 is 1.31 bits per heavy atom. The van der Waals surface area contributed by atoms with Gasteiger partial charge in [-0.25, -0.2) is 8.78 Å². The summed E-state index contributed by atoms with van der Waals surface area (Å²) in [6, 6.07) is 2.64. The smallest absolute Gasteiger partial charge is 0.129 e. The van der Waals surface area contributed by atoms with Crippen LogP contribution in [0, 0.1) is 18.6 Å². The number of rotatable bonds is 1. The minimum atomic E-state index is -0.463. The van der Waals surface area contributed by atoms with Gasteiger partial charge in [0.15, 0.2) is 0 Å². The summed E-state index contributed by atoms with van der Waals surface area (Å²) in [6.45, 7) is 1.67. The third-order valence-corrected chi connectivity index (χ3v) is 2.43. The van der Waals surface area contributed by atoms with E-state index in [0.717, 1.165) is 0 Å². The van der Waals surface area contributed by atoms with Crippen molar-refractivity contribution < 1.29 is 8.78 Å². The molecule has 13 heavy (non-hydrogen) atoms. The van der Waals surface area contributed by atoms with Crippen LogP contribution < -0.4 is 5.73 Å². The zero-order chi connectivity index (χ0) is 9.59. The van der Waals surface area contributed by atoms with E-state index in [2.05, 4.69) is 0 Å². The molecule has 0 saturated heterocycles. The summed E-state index contributed by atoms with van der Waals surface area (Å²) in [7, 11) is 0. The Balaban J connectivity index is 2.45. The third-order valence-electron chi connectivity index (χ3n) is 2.43. The Kier molecular flexibility index (Phi) is 1.84. The minimum Gasteiger partial charge on any atom is -0.327 e. The molecule has 70 valence electrons. The summed E-state index contributed by atoms with van der Waals surface area (Å²) in [4.78, 5) is 0. The molecule has 0 aliphatic heterocycles. The first-order valence-corrected chi connectivity index (χ1v) is 4.30. The summed E-state index contributed by atoms with van der Waals surface area (Å²) in [6.07, 6.45) is 0.691. The maximum Gasteiger partial charge on any atom is 0.129 e. The monoisotopic (exact) mass is 183 g/mol. The van der Waals surface area contributed by atoms with Gasteiger partial charge in [-0.1, -0.05) is 0 Å². The van der Waals surface area contributed by atoms with Crippen LogP contribution in [0.3, 0.4) is 0 Å². The molecule has 2 rings (SSSR count). The molecule has 0 radical (unpaired) electrons. The van der Waals surface area contributed by atoms with E-state index in [4.69, 9.17) is 5.73 Å². The summed E-state index contributed by atoms with van der Waals surface area (Å²) >= 11 is 0.